The smallest absolute Gasteiger partial charge is 0.249 e. The molecule has 6 heteroatoms. The first-order valence-electron chi connectivity index (χ1n) is 11.0. The Morgan fingerprint density at radius 3 is 2.28 bits per heavy atom. The van der Waals surface area contributed by atoms with Crippen LogP contribution in [0.2, 0.25) is 0 Å². The van der Waals surface area contributed by atoms with Gasteiger partial charge in [-0.25, -0.2) is 5.01 Å². The zero-order valence-corrected chi connectivity index (χ0v) is 18.0. The van der Waals surface area contributed by atoms with Crippen LogP contribution in [-0.2, 0) is 4.79 Å². The lowest BCUT2D eigenvalue weighted by Crippen LogP contribution is -2.69. The molecule has 0 aromatic heterocycles. The number of carbonyl (C=O) groups excluding carboxylic acids is 1. The molecule has 3 unspecified atom stereocenters. The number of nitrogens with two attached hydrogens (primary N) is 1. The number of nitrogens with zero attached hydrogens (tertiary/aromatic N) is 2. The standard InChI is InChI=1S/C23H35N3O3/c1-17-13-14-23(17)25(2)21(27)22(26(23)24,15-18-7-5-4-6-8-18)16-29-20-11-9-19(28-3)10-12-20/h9-12,17-18H,4-8,13-16,24H2,1-3H3. The van der Waals surface area contributed by atoms with Gasteiger partial charge in [-0.3, -0.25) is 10.6 Å². The number of likely N-dealkylation sites (N-methyl/N-ethyl adjacent to an activating group) is 1. The largest absolute Gasteiger partial charge is 0.497 e. The number of ether oxygens (including phenoxy) is 2. The number of benzene rings is 1. The van der Waals surface area contributed by atoms with Gasteiger partial charge in [0.15, 0.2) is 5.54 Å². The summed E-state index contributed by atoms with van der Waals surface area (Å²) in [6, 6.07) is 7.53. The van der Waals surface area contributed by atoms with Crippen LogP contribution in [0.3, 0.4) is 0 Å². The first-order valence-corrected chi connectivity index (χ1v) is 11.0. The van der Waals surface area contributed by atoms with Gasteiger partial charge in [-0.1, -0.05) is 39.0 Å². The predicted octanol–water partition coefficient (Wildman–Crippen LogP) is 3.56. The molecule has 2 aliphatic carbocycles. The molecule has 3 aliphatic rings. The van der Waals surface area contributed by atoms with Gasteiger partial charge in [0.05, 0.1) is 7.11 Å². The number of hydrazine groups is 1. The van der Waals surface area contributed by atoms with E-state index in [1.807, 2.05) is 41.2 Å². The molecule has 1 saturated heterocycles. The summed E-state index contributed by atoms with van der Waals surface area (Å²) in [5.74, 6) is 9.36. The molecule has 1 amide bonds. The highest BCUT2D eigenvalue weighted by atomic mass is 16.5. The van der Waals surface area contributed by atoms with Gasteiger partial charge in [-0.05, 0) is 55.4 Å². The molecule has 1 heterocycles. The SMILES string of the molecule is COc1ccc(OCC2(CC3CCCCC3)C(=O)N(C)C3(CCC3C)N2N)cc1. The Hall–Kier alpha value is -1.79. The third kappa shape index (κ3) is 3.21. The Balaban J connectivity index is 1.61. The van der Waals surface area contributed by atoms with Crippen LogP contribution in [0.1, 0.15) is 58.3 Å². The summed E-state index contributed by atoms with van der Waals surface area (Å²) >= 11 is 0. The van der Waals surface area contributed by atoms with Crippen LogP contribution in [0, 0.1) is 11.8 Å². The number of methoxy groups -OCH3 is 1. The molecule has 0 radical (unpaired) electrons. The number of hydrogen-bond acceptors (Lipinski definition) is 5. The van der Waals surface area contributed by atoms with Gasteiger partial charge in [0.25, 0.3) is 0 Å². The van der Waals surface area contributed by atoms with Crippen LogP contribution in [-0.4, -0.2) is 47.8 Å². The molecule has 29 heavy (non-hydrogen) atoms. The molecular formula is C23H35N3O3. The second-order valence-electron chi connectivity index (χ2n) is 9.26. The van der Waals surface area contributed by atoms with Gasteiger partial charge >= 0.3 is 0 Å². The van der Waals surface area contributed by atoms with Crippen LogP contribution < -0.4 is 15.3 Å². The quantitative estimate of drug-likeness (QED) is 0.738. The first-order chi connectivity index (χ1) is 13.9. The van der Waals surface area contributed by atoms with Crippen molar-refractivity contribution in [2.24, 2.45) is 17.7 Å². The molecule has 0 bridgehead atoms. The van der Waals surface area contributed by atoms with Crippen molar-refractivity contribution >= 4 is 5.91 Å². The highest BCUT2D eigenvalue weighted by Gasteiger charge is 2.68. The Morgan fingerprint density at radius 1 is 1.10 bits per heavy atom. The summed E-state index contributed by atoms with van der Waals surface area (Å²) in [6.07, 6.45) is 8.96. The molecule has 1 aromatic rings. The summed E-state index contributed by atoms with van der Waals surface area (Å²) in [4.78, 5) is 15.6. The monoisotopic (exact) mass is 401 g/mol. The normalized spacial score (nSPS) is 33.2. The molecule has 2 N–H and O–H groups in total. The van der Waals surface area contributed by atoms with Gasteiger partial charge in [0.1, 0.15) is 23.8 Å². The molecule has 1 spiro atoms. The van der Waals surface area contributed by atoms with Crippen molar-refractivity contribution < 1.29 is 14.3 Å². The van der Waals surface area contributed by atoms with E-state index in [1.165, 1.54) is 32.1 Å². The maximum Gasteiger partial charge on any atom is 0.249 e. The van der Waals surface area contributed by atoms with Crippen LogP contribution in [0.4, 0.5) is 0 Å². The van der Waals surface area contributed by atoms with Crippen molar-refractivity contribution in [3.63, 3.8) is 0 Å². The lowest BCUT2D eigenvalue weighted by Gasteiger charge is -2.54. The maximum atomic E-state index is 13.7. The molecule has 1 aliphatic heterocycles. The molecule has 6 nitrogen and oxygen atoms in total. The van der Waals surface area contributed by atoms with Crippen molar-refractivity contribution in [3.05, 3.63) is 24.3 Å². The van der Waals surface area contributed by atoms with E-state index in [9.17, 15) is 4.79 Å². The van der Waals surface area contributed by atoms with E-state index >= 15 is 0 Å². The maximum absolute atomic E-state index is 13.7. The number of rotatable bonds is 6. The molecule has 2 saturated carbocycles. The number of carbonyl (C=O) groups is 1. The lowest BCUT2D eigenvalue weighted by atomic mass is 9.72. The van der Waals surface area contributed by atoms with Gasteiger partial charge in [-0.15, -0.1) is 0 Å². The van der Waals surface area contributed by atoms with E-state index in [0.29, 0.717) is 11.8 Å². The third-order valence-corrected chi connectivity index (χ3v) is 7.78. The van der Waals surface area contributed by atoms with Crippen molar-refractivity contribution in [2.75, 3.05) is 20.8 Å². The van der Waals surface area contributed by atoms with Gasteiger partial charge in [-0.2, -0.15) is 0 Å². The Kier molecular flexibility index (Phi) is 5.51. The molecule has 4 rings (SSSR count). The van der Waals surface area contributed by atoms with Gasteiger partial charge < -0.3 is 14.4 Å². The molecule has 3 fully saturated rings. The number of hydrogen-bond donors (Lipinski definition) is 1. The van der Waals surface area contributed by atoms with Crippen molar-refractivity contribution in [3.8, 4) is 11.5 Å². The average molecular weight is 402 g/mol. The van der Waals surface area contributed by atoms with Gasteiger partial charge in [0, 0.05) is 7.05 Å². The Bertz CT molecular complexity index is 733. The average Bonchev–Trinajstić information content (AvgIpc) is 2.92. The summed E-state index contributed by atoms with van der Waals surface area (Å²) < 4.78 is 11.4. The van der Waals surface area contributed by atoms with E-state index in [2.05, 4.69) is 6.92 Å². The second kappa shape index (κ2) is 7.80. The summed E-state index contributed by atoms with van der Waals surface area (Å²) in [6.45, 7) is 2.48. The summed E-state index contributed by atoms with van der Waals surface area (Å²) in [5, 5.41) is 1.90. The minimum atomic E-state index is -0.800. The Labute approximate surface area is 174 Å². The van der Waals surface area contributed by atoms with Crippen molar-refractivity contribution in [1.82, 2.24) is 9.91 Å². The Morgan fingerprint density at radius 2 is 1.76 bits per heavy atom. The summed E-state index contributed by atoms with van der Waals surface area (Å²) in [7, 11) is 3.57. The van der Waals surface area contributed by atoms with Gasteiger partial charge in [0.2, 0.25) is 5.91 Å². The van der Waals surface area contributed by atoms with Crippen molar-refractivity contribution in [1.29, 1.82) is 0 Å². The van der Waals surface area contributed by atoms with Crippen LogP contribution in [0.5, 0.6) is 11.5 Å². The van der Waals surface area contributed by atoms with Crippen LogP contribution >= 0.6 is 0 Å². The minimum absolute atomic E-state index is 0.116. The zero-order chi connectivity index (χ0) is 20.6. The number of amides is 1. The molecule has 160 valence electrons. The fourth-order valence-electron chi connectivity index (χ4n) is 5.79. The fraction of sp³-hybridized carbons (Fsp3) is 0.696. The summed E-state index contributed by atoms with van der Waals surface area (Å²) in [5.41, 5.74) is -1.17. The second-order valence-corrected chi connectivity index (χ2v) is 9.26. The van der Waals surface area contributed by atoms with E-state index in [0.717, 1.165) is 30.8 Å². The fourth-order valence-corrected chi connectivity index (χ4v) is 5.79. The predicted molar refractivity (Wildman–Crippen MR) is 112 cm³/mol. The highest BCUT2D eigenvalue weighted by Crippen LogP contribution is 2.53. The van der Waals surface area contributed by atoms with E-state index in [4.69, 9.17) is 15.3 Å². The van der Waals surface area contributed by atoms with E-state index in [1.54, 1.807) is 7.11 Å². The van der Waals surface area contributed by atoms with Crippen molar-refractivity contribution in [2.45, 2.75) is 69.5 Å². The highest BCUT2D eigenvalue weighted by molar-refractivity contribution is 5.90. The van der Waals surface area contributed by atoms with E-state index < -0.39 is 5.54 Å². The van der Waals surface area contributed by atoms with E-state index in [-0.39, 0.29) is 18.2 Å². The van der Waals surface area contributed by atoms with Crippen LogP contribution in [0.15, 0.2) is 24.3 Å². The molecule has 3 atom stereocenters. The molecular weight excluding hydrogens is 366 g/mol. The first kappa shape index (κ1) is 20.5. The zero-order valence-electron chi connectivity index (χ0n) is 18.0. The lowest BCUT2D eigenvalue weighted by molar-refractivity contribution is -0.139. The minimum Gasteiger partial charge on any atom is -0.497 e. The third-order valence-electron chi connectivity index (χ3n) is 7.78. The topological polar surface area (TPSA) is 68.0 Å². The van der Waals surface area contributed by atoms with Crippen LogP contribution in [0.25, 0.3) is 0 Å². The molecule has 1 aromatic carbocycles.